The van der Waals surface area contributed by atoms with Crippen LogP contribution in [0.15, 0.2) is 30.3 Å². The number of benzene rings is 1. The zero-order valence-corrected chi connectivity index (χ0v) is 12.2. The standard InChI is InChI=1S/C16H15ClN4/c17-15-14-11-9-18-7-6-12(11)19-16(14)21-13(20-15)8-10-4-2-1-3-5-10/h1-5,18H,6-9H2,(H,19,20,21). The molecule has 0 fully saturated rings. The van der Waals surface area contributed by atoms with Crippen LogP contribution in [0.2, 0.25) is 5.15 Å². The highest BCUT2D eigenvalue weighted by Gasteiger charge is 2.19. The largest absolute Gasteiger partial charge is 0.343 e. The summed E-state index contributed by atoms with van der Waals surface area (Å²) in [6, 6.07) is 10.2. The van der Waals surface area contributed by atoms with Crippen LogP contribution in [0.4, 0.5) is 0 Å². The van der Waals surface area contributed by atoms with Crippen LogP contribution in [0.25, 0.3) is 11.0 Å². The van der Waals surface area contributed by atoms with E-state index in [1.54, 1.807) is 0 Å². The van der Waals surface area contributed by atoms with Gasteiger partial charge in [0.25, 0.3) is 0 Å². The van der Waals surface area contributed by atoms with Gasteiger partial charge in [-0.15, -0.1) is 0 Å². The van der Waals surface area contributed by atoms with Crippen LogP contribution < -0.4 is 5.32 Å². The fourth-order valence-corrected chi connectivity index (χ4v) is 3.20. The lowest BCUT2D eigenvalue weighted by atomic mass is 10.1. The number of aromatic nitrogens is 3. The topological polar surface area (TPSA) is 53.6 Å². The summed E-state index contributed by atoms with van der Waals surface area (Å²) < 4.78 is 0. The summed E-state index contributed by atoms with van der Waals surface area (Å²) in [5.41, 5.74) is 4.49. The molecule has 2 aromatic heterocycles. The quantitative estimate of drug-likeness (QED) is 0.715. The molecule has 0 amide bonds. The lowest BCUT2D eigenvalue weighted by Crippen LogP contribution is -2.22. The molecule has 0 saturated heterocycles. The van der Waals surface area contributed by atoms with E-state index in [4.69, 9.17) is 11.6 Å². The summed E-state index contributed by atoms with van der Waals surface area (Å²) in [5.74, 6) is 0.755. The van der Waals surface area contributed by atoms with Gasteiger partial charge in [-0.05, 0) is 11.1 Å². The Balaban J connectivity index is 1.79. The number of fused-ring (bicyclic) bond motifs is 3. The number of H-pyrrole nitrogens is 1. The summed E-state index contributed by atoms with van der Waals surface area (Å²) in [6.45, 7) is 1.82. The van der Waals surface area contributed by atoms with E-state index in [1.165, 1.54) is 16.8 Å². The molecule has 4 rings (SSSR count). The number of rotatable bonds is 2. The van der Waals surface area contributed by atoms with E-state index < -0.39 is 0 Å². The van der Waals surface area contributed by atoms with E-state index in [1.807, 2.05) is 18.2 Å². The van der Waals surface area contributed by atoms with E-state index in [-0.39, 0.29) is 0 Å². The Labute approximate surface area is 127 Å². The summed E-state index contributed by atoms with van der Waals surface area (Å²) in [7, 11) is 0. The van der Waals surface area contributed by atoms with Crippen LogP contribution in [0, 0.1) is 0 Å². The van der Waals surface area contributed by atoms with Crippen LogP contribution in [0.5, 0.6) is 0 Å². The van der Waals surface area contributed by atoms with Gasteiger partial charge in [-0.25, -0.2) is 9.97 Å². The van der Waals surface area contributed by atoms with Crippen LogP contribution in [-0.4, -0.2) is 21.5 Å². The van der Waals surface area contributed by atoms with Gasteiger partial charge in [-0.3, -0.25) is 0 Å². The minimum Gasteiger partial charge on any atom is -0.343 e. The zero-order chi connectivity index (χ0) is 14.2. The molecular formula is C16H15ClN4. The molecule has 5 heteroatoms. The van der Waals surface area contributed by atoms with E-state index >= 15 is 0 Å². The number of nitrogens with one attached hydrogen (secondary N) is 2. The fraction of sp³-hybridized carbons (Fsp3) is 0.250. The summed E-state index contributed by atoms with van der Waals surface area (Å²) in [6.07, 6.45) is 1.68. The second-order valence-corrected chi connectivity index (χ2v) is 5.68. The van der Waals surface area contributed by atoms with Crippen molar-refractivity contribution in [3.63, 3.8) is 0 Å². The summed E-state index contributed by atoms with van der Waals surface area (Å²) in [4.78, 5) is 12.5. The molecule has 1 aliphatic rings. The highest BCUT2D eigenvalue weighted by atomic mass is 35.5. The minimum atomic E-state index is 0.548. The number of halogens is 1. The molecule has 3 heterocycles. The van der Waals surface area contributed by atoms with Gasteiger partial charge in [0.2, 0.25) is 0 Å². The lowest BCUT2D eigenvalue weighted by Gasteiger charge is -2.12. The first kappa shape index (κ1) is 12.8. The van der Waals surface area contributed by atoms with Crippen molar-refractivity contribution >= 4 is 22.6 Å². The van der Waals surface area contributed by atoms with Crippen LogP contribution in [0.3, 0.4) is 0 Å². The third kappa shape index (κ3) is 2.30. The van der Waals surface area contributed by atoms with Crippen molar-refractivity contribution in [2.24, 2.45) is 0 Å². The second-order valence-electron chi connectivity index (χ2n) is 5.33. The monoisotopic (exact) mass is 298 g/mol. The van der Waals surface area contributed by atoms with Crippen molar-refractivity contribution in [2.45, 2.75) is 19.4 Å². The minimum absolute atomic E-state index is 0.548. The molecule has 3 aromatic rings. The Hall–Kier alpha value is -1.91. The maximum atomic E-state index is 6.41. The van der Waals surface area contributed by atoms with Gasteiger partial charge < -0.3 is 10.3 Å². The maximum Gasteiger partial charge on any atom is 0.143 e. The maximum absolute atomic E-state index is 6.41. The predicted molar refractivity (Wildman–Crippen MR) is 83.6 cm³/mol. The molecular weight excluding hydrogens is 284 g/mol. The molecule has 1 aliphatic heterocycles. The molecule has 4 nitrogen and oxygen atoms in total. The molecule has 2 N–H and O–H groups in total. The van der Waals surface area contributed by atoms with Gasteiger partial charge in [0.05, 0.1) is 5.39 Å². The van der Waals surface area contributed by atoms with E-state index in [0.29, 0.717) is 11.6 Å². The Bertz CT molecular complexity index is 795. The first-order chi connectivity index (χ1) is 10.3. The molecule has 0 aliphatic carbocycles. The molecule has 0 spiro atoms. The Morgan fingerprint density at radius 3 is 2.86 bits per heavy atom. The number of hydrogen-bond donors (Lipinski definition) is 2. The smallest absolute Gasteiger partial charge is 0.143 e. The van der Waals surface area contributed by atoms with E-state index in [0.717, 1.165) is 36.4 Å². The van der Waals surface area contributed by atoms with Gasteiger partial charge in [0.15, 0.2) is 0 Å². The Morgan fingerprint density at radius 1 is 1.14 bits per heavy atom. The van der Waals surface area contributed by atoms with Crippen molar-refractivity contribution in [1.82, 2.24) is 20.3 Å². The average Bonchev–Trinajstić information content (AvgIpc) is 2.87. The van der Waals surface area contributed by atoms with Gasteiger partial charge in [-0.1, -0.05) is 41.9 Å². The van der Waals surface area contributed by atoms with Crippen LogP contribution in [-0.2, 0) is 19.4 Å². The highest BCUT2D eigenvalue weighted by molar-refractivity contribution is 6.34. The Morgan fingerprint density at radius 2 is 2.00 bits per heavy atom. The molecule has 0 atom stereocenters. The molecule has 0 unspecified atom stereocenters. The first-order valence-electron chi connectivity index (χ1n) is 7.12. The van der Waals surface area contributed by atoms with Crippen molar-refractivity contribution in [2.75, 3.05) is 6.54 Å². The van der Waals surface area contributed by atoms with Crippen LogP contribution >= 0.6 is 11.6 Å². The van der Waals surface area contributed by atoms with Crippen molar-refractivity contribution < 1.29 is 0 Å². The van der Waals surface area contributed by atoms with Crippen molar-refractivity contribution in [3.8, 4) is 0 Å². The molecule has 1 aromatic carbocycles. The highest BCUT2D eigenvalue weighted by Crippen LogP contribution is 2.29. The van der Waals surface area contributed by atoms with Gasteiger partial charge in [0, 0.05) is 31.6 Å². The summed E-state index contributed by atoms with van der Waals surface area (Å²) in [5, 5.41) is 4.88. The molecule has 106 valence electrons. The SMILES string of the molecule is Clc1nc(Cc2ccccc2)nc2[nH]c3c(c12)CNCC3. The van der Waals surface area contributed by atoms with E-state index in [2.05, 4.69) is 32.4 Å². The van der Waals surface area contributed by atoms with Gasteiger partial charge in [-0.2, -0.15) is 0 Å². The molecule has 0 saturated carbocycles. The van der Waals surface area contributed by atoms with Gasteiger partial charge in [0.1, 0.15) is 16.6 Å². The van der Waals surface area contributed by atoms with Crippen molar-refractivity contribution in [1.29, 1.82) is 0 Å². The van der Waals surface area contributed by atoms with Crippen LogP contribution in [0.1, 0.15) is 22.6 Å². The third-order valence-corrected chi connectivity index (χ3v) is 4.18. The third-order valence-electron chi connectivity index (χ3n) is 3.91. The van der Waals surface area contributed by atoms with E-state index in [9.17, 15) is 0 Å². The molecule has 21 heavy (non-hydrogen) atoms. The second kappa shape index (κ2) is 5.13. The lowest BCUT2D eigenvalue weighted by molar-refractivity contribution is 0.640. The number of hydrogen-bond acceptors (Lipinski definition) is 3. The average molecular weight is 299 g/mol. The molecule has 0 bridgehead atoms. The van der Waals surface area contributed by atoms with Gasteiger partial charge >= 0.3 is 0 Å². The number of nitrogens with zero attached hydrogens (tertiary/aromatic N) is 2. The fourth-order valence-electron chi connectivity index (χ4n) is 2.90. The Kier molecular flexibility index (Phi) is 3.13. The number of aromatic amines is 1. The zero-order valence-electron chi connectivity index (χ0n) is 11.5. The first-order valence-corrected chi connectivity index (χ1v) is 7.49. The summed E-state index contributed by atoms with van der Waals surface area (Å²) >= 11 is 6.41. The van der Waals surface area contributed by atoms with Crippen molar-refractivity contribution in [3.05, 3.63) is 58.1 Å². The normalized spacial score (nSPS) is 14.3. The predicted octanol–water partition coefficient (Wildman–Crippen LogP) is 2.85. The molecule has 0 radical (unpaired) electrons.